The lowest BCUT2D eigenvalue weighted by Crippen LogP contribution is -3.12. The van der Waals surface area contributed by atoms with Crippen LogP contribution in [0.4, 0.5) is 0 Å². The van der Waals surface area contributed by atoms with Crippen LogP contribution in [0.2, 0.25) is 0 Å². The van der Waals surface area contributed by atoms with E-state index in [1.54, 1.807) is 4.90 Å². The molecular formula is C33H34N5O2+. The van der Waals surface area contributed by atoms with Gasteiger partial charge in [-0.05, 0) is 37.1 Å². The van der Waals surface area contributed by atoms with Crippen molar-refractivity contribution in [1.29, 1.82) is 0 Å². The Morgan fingerprint density at radius 1 is 1.05 bits per heavy atom. The van der Waals surface area contributed by atoms with Crippen molar-refractivity contribution < 1.29 is 14.5 Å². The minimum Gasteiger partial charge on any atom is -0.364 e. The number of rotatable bonds is 5. The van der Waals surface area contributed by atoms with Crippen LogP contribution in [0.1, 0.15) is 37.4 Å². The van der Waals surface area contributed by atoms with Gasteiger partial charge in [-0.15, -0.1) is 0 Å². The van der Waals surface area contributed by atoms with Crippen LogP contribution in [0.3, 0.4) is 0 Å². The average Bonchev–Trinajstić information content (AvgIpc) is 3.57. The smallest absolute Gasteiger partial charge is 0.259 e. The Labute approximate surface area is 234 Å². The molecule has 1 aromatic carbocycles. The zero-order chi connectivity index (χ0) is 27.4. The lowest BCUT2D eigenvalue weighted by Gasteiger charge is -2.45. The van der Waals surface area contributed by atoms with Gasteiger partial charge in [0.15, 0.2) is 0 Å². The predicted molar refractivity (Wildman–Crippen MR) is 155 cm³/mol. The molecule has 7 rings (SSSR count). The minimum absolute atomic E-state index is 0.254. The second-order valence-corrected chi connectivity index (χ2v) is 11.6. The van der Waals surface area contributed by atoms with E-state index in [1.807, 2.05) is 54.3 Å². The van der Waals surface area contributed by atoms with Gasteiger partial charge < -0.3 is 14.4 Å². The number of aryl methyl sites for hydroxylation is 1. The van der Waals surface area contributed by atoms with E-state index in [2.05, 4.69) is 58.7 Å². The molecule has 2 N–H and O–H groups in total. The Hall–Kier alpha value is -4.23. The number of nitrogens with zero attached hydrogens (tertiary/aromatic N) is 3. The summed E-state index contributed by atoms with van der Waals surface area (Å²) in [5, 5.41) is 3.60. The highest BCUT2D eigenvalue weighted by molar-refractivity contribution is 6.39. The molecule has 0 radical (unpaired) electrons. The third kappa shape index (κ3) is 3.87. The molecule has 2 amide bonds. The number of hydrogen-bond acceptors (Lipinski definition) is 4. The Morgan fingerprint density at radius 3 is 2.62 bits per heavy atom. The average molecular weight is 533 g/mol. The fourth-order valence-electron chi connectivity index (χ4n) is 7.17. The van der Waals surface area contributed by atoms with Crippen LogP contribution in [0.15, 0.2) is 96.0 Å². The minimum atomic E-state index is -0.323. The summed E-state index contributed by atoms with van der Waals surface area (Å²) in [5.74, 6) is -0.635. The molecule has 40 heavy (non-hydrogen) atoms. The molecule has 1 aliphatic carbocycles. The van der Waals surface area contributed by atoms with Gasteiger partial charge in [0.1, 0.15) is 6.54 Å². The van der Waals surface area contributed by atoms with Crippen LogP contribution < -0.4 is 10.2 Å². The third-order valence-corrected chi connectivity index (χ3v) is 9.20. The Kier molecular flexibility index (Phi) is 5.86. The Morgan fingerprint density at radius 2 is 1.82 bits per heavy atom. The van der Waals surface area contributed by atoms with Crippen molar-refractivity contribution in [1.82, 2.24) is 19.8 Å². The predicted octanol–water partition coefficient (Wildman–Crippen LogP) is 3.08. The summed E-state index contributed by atoms with van der Waals surface area (Å²) in [6.45, 7) is 5.39. The molecule has 1 fully saturated rings. The van der Waals surface area contributed by atoms with E-state index < -0.39 is 0 Å². The number of nitrogens with one attached hydrogen (secondary N) is 2. The first-order valence-corrected chi connectivity index (χ1v) is 14.2. The molecule has 1 unspecified atom stereocenters. The maximum atomic E-state index is 13.5. The molecule has 0 bridgehead atoms. The molecule has 5 heterocycles. The first-order valence-electron chi connectivity index (χ1n) is 14.2. The highest BCUT2D eigenvalue weighted by Gasteiger charge is 2.48. The Balaban J connectivity index is 1.26. The standard InChI is InChI=1S/C33H33N5O2/c1-33-15-7-5-11-27(33)26(21-38(33)23-13-17-37(18-14-23)19-22-9-6-8-16-34-22)30-29(31(39)35-32(30)40)25-20-36(2)28-12-4-3-10-24(25)28/h3-12,16,20-21,23H,13-15,17-19H2,1-2H3,(H,35,39,40)/p+1. The van der Waals surface area contributed by atoms with Gasteiger partial charge in [-0.2, -0.15) is 0 Å². The van der Waals surface area contributed by atoms with Gasteiger partial charge in [0.2, 0.25) is 0 Å². The summed E-state index contributed by atoms with van der Waals surface area (Å²) in [6, 6.07) is 14.5. The fraction of sp³-hybridized carbons (Fsp3) is 0.303. The van der Waals surface area contributed by atoms with Crippen molar-refractivity contribution in [2.75, 3.05) is 13.1 Å². The van der Waals surface area contributed by atoms with Gasteiger partial charge in [-0.1, -0.05) is 42.5 Å². The number of aromatic nitrogens is 2. The monoisotopic (exact) mass is 532 g/mol. The molecule has 1 atom stereocenters. The van der Waals surface area contributed by atoms with Crippen molar-refractivity contribution >= 4 is 28.3 Å². The second kappa shape index (κ2) is 9.45. The van der Waals surface area contributed by atoms with Crippen LogP contribution in [0, 0.1) is 0 Å². The lowest BCUT2D eigenvalue weighted by molar-refractivity contribution is -0.919. The summed E-state index contributed by atoms with van der Waals surface area (Å²) >= 11 is 0. The molecule has 3 aliphatic heterocycles. The Bertz CT molecular complexity index is 1650. The molecule has 2 aromatic heterocycles. The highest BCUT2D eigenvalue weighted by Crippen LogP contribution is 2.48. The van der Waals surface area contributed by atoms with E-state index >= 15 is 0 Å². The summed E-state index contributed by atoms with van der Waals surface area (Å²) in [6.07, 6.45) is 15.5. The number of piperidine rings is 1. The number of carbonyl (C=O) groups excluding carboxylic acids is 2. The molecule has 4 aliphatic rings. The van der Waals surface area contributed by atoms with Crippen LogP contribution >= 0.6 is 0 Å². The number of fused-ring (bicyclic) bond motifs is 2. The largest absolute Gasteiger partial charge is 0.364 e. The molecule has 7 nitrogen and oxygen atoms in total. The lowest BCUT2D eigenvalue weighted by atomic mass is 9.79. The van der Waals surface area contributed by atoms with E-state index in [-0.39, 0.29) is 17.4 Å². The summed E-state index contributed by atoms with van der Waals surface area (Å²) in [7, 11) is 1.98. The quantitative estimate of drug-likeness (QED) is 0.496. The van der Waals surface area contributed by atoms with E-state index in [9.17, 15) is 9.59 Å². The molecule has 202 valence electrons. The van der Waals surface area contributed by atoms with Crippen molar-refractivity contribution in [2.45, 2.75) is 44.3 Å². The summed E-state index contributed by atoms with van der Waals surface area (Å²) < 4.78 is 2.02. The zero-order valence-corrected chi connectivity index (χ0v) is 23.0. The number of hydrogen-bond donors (Lipinski definition) is 2. The first kappa shape index (κ1) is 24.8. The van der Waals surface area contributed by atoms with Gasteiger partial charge in [0.25, 0.3) is 11.8 Å². The number of likely N-dealkylation sites (tertiary alicyclic amines) is 1. The maximum Gasteiger partial charge on any atom is 0.259 e. The van der Waals surface area contributed by atoms with Crippen molar-refractivity contribution in [3.63, 3.8) is 0 Å². The third-order valence-electron chi connectivity index (χ3n) is 9.20. The summed E-state index contributed by atoms with van der Waals surface area (Å²) in [5.41, 5.74) is 5.68. The molecule has 1 saturated heterocycles. The van der Waals surface area contributed by atoms with Crippen LogP contribution in [-0.4, -0.2) is 50.9 Å². The van der Waals surface area contributed by atoms with E-state index in [4.69, 9.17) is 0 Å². The van der Waals surface area contributed by atoms with Gasteiger partial charge >= 0.3 is 0 Å². The van der Waals surface area contributed by atoms with E-state index in [0.717, 1.165) is 72.2 Å². The summed E-state index contributed by atoms with van der Waals surface area (Å²) in [4.78, 5) is 35.4. The first-order chi connectivity index (χ1) is 19.4. The van der Waals surface area contributed by atoms with E-state index in [1.165, 1.54) is 0 Å². The number of allylic oxidation sites excluding steroid dienone is 2. The zero-order valence-electron chi connectivity index (χ0n) is 23.0. The molecule has 0 spiro atoms. The fourth-order valence-corrected chi connectivity index (χ4v) is 7.17. The molecule has 0 saturated carbocycles. The second-order valence-electron chi connectivity index (χ2n) is 11.6. The number of quaternary nitrogens is 1. The van der Waals surface area contributed by atoms with Gasteiger partial charge in [-0.3, -0.25) is 19.9 Å². The van der Waals surface area contributed by atoms with E-state index in [0.29, 0.717) is 17.2 Å². The van der Waals surface area contributed by atoms with Crippen molar-refractivity contribution in [2.24, 2.45) is 7.05 Å². The van der Waals surface area contributed by atoms with Crippen LogP contribution in [0.5, 0.6) is 0 Å². The number of pyridine rings is 1. The van der Waals surface area contributed by atoms with Gasteiger partial charge in [0, 0.05) is 66.6 Å². The van der Waals surface area contributed by atoms with Crippen molar-refractivity contribution in [3.8, 4) is 0 Å². The normalized spacial score (nSPS) is 26.3. The van der Waals surface area contributed by atoms with Crippen LogP contribution in [0.25, 0.3) is 16.5 Å². The SMILES string of the molecule is Cn1cc(C2=C(C3=CN(C4CC[NH+](Cc5ccccn5)CC4)C4(C)CC=CC=C34)C(=O)NC2=O)c2ccccc21. The number of benzene rings is 1. The van der Waals surface area contributed by atoms with Crippen LogP contribution in [-0.2, 0) is 23.2 Å². The number of amides is 2. The highest BCUT2D eigenvalue weighted by atomic mass is 16.2. The van der Waals surface area contributed by atoms with Crippen molar-refractivity contribution in [3.05, 3.63) is 107 Å². The number of para-hydroxylation sites is 1. The molecular weight excluding hydrogens is 498 g/mol. The maximum absolute atomic E-state index is 13.5. The number of carbonyl (C=O) groups is 2. The number of imide groups is 1. The van der Waals surface area contributed by atoms with Gasteiger partial charge in [0.05, 0.1) is 35.5 Å². The molecule has 3 aromatic rings. The van der Waals surface area contributed by atoms with Gasteiger partial charge in [-0.25, -0.2) is 0 Å². The topological polar surface area (TPSA) is 71.7 Å². The molecule has 7 heteroatoms.